The van der Waals surface area contributed by atoms with Crippen molar-refractivity contribution < 1.29 is 9.53 Å². The summed E-state index contributed by atoms with van der Waals surface area (Å²) in [7, 11) is 0. The fraction of sp³-hybridized carbons (Fsp3) is 0.522. The average Bonchev–Trinajstić information content (AvgIpc) is 3.37. The van der Waals surface area contributed by atoms with Crippen LogP contribution in [0.3, 0.4) is 0 Å². The third-order valence-electron chi connectivity index (χ3n) is 6.68. The number of anilines is 1. The molecule has 2 atom stereocenters. The molecule has 5 rings (SSSR count). The number of aromatic amines is 2. The maximum atomic E-state index is 12.8. The minimum Gasteiger partial charge on any atom is -0.379 e. The van der Waals surface area contributed by atoms with Crippen LogP contribution in [0.25, 0.3) is 22.6 Å². The smallest absolute Gasteiger partial charge is 0.241 e. The number of imidazole rings is 1. The number of ether oxygens (including phenoxy) is 1. The molecule has 1 aliphatic heterocycles. The summed E-state index contributed by atoms with van der Waals surface area (Å²) in [6.07, 6.45) is 3.26. The van der Waals surface area contributed by atoms with Gasteiger partial charge < -0.3 is 15.0 Å². The highest BCUT2D eigenvalue weighted by Crippen LogP contribution is 2.32. The summed E-state index contributed by atoms with van der Waals surface area (Å²) in [6.45, 7) is 9.15. The molecule has 2 aliphatic rings. The van der Waals surface area contributed by atoms with Crippen molar-refractivity contribution in [3.63, 3.8) is 0 Å². The summed E-state index contributed by atoms with van der Waals surface area (Å²) >= 11 is 0. The molecule has 1 saturated heterocycles. The fourth-order valence-corrected chi connectivity index (χ4v) is 4.64. The zero-order valence-corrected chi connectivity index (χ0v) is 18.4. The van der Waals surface area contributed by atoms with Gasteiger partial charge in [0.25, 0.3) is 0 Å². The van der Waals surface area contributed by atoms with Crippen molar-refractivity contribution in [3.05, 3.63) is 29.0 Å². The van der Waals surface area contributed by atoms with Crippen LogP contribution in [0.1, 0.15) is 37.1 Å². The lowest BCUT2D eigenvalue weighted by atomic mass is 9.88. The van der Waals surface area contributed by atoms with Crippen LogP contribution in [0.5, 0.6) is 0 Å². The van der Waals surface area contributed by atoms with Crippen LogP contribution in [-0.2, 0) is 22.4 Å². The predicted molar refractivity (Wildman–Crippen MR) is 120 cm³/mol. The van der Waals surface area contributed by atoms with E-state index in [9.17, 15) is 4.79 Å². The molecule has 3 N–H and O–H groups in total. The molecule has 8 heteroatoms. The van der Waals surface area contributed by atoms with Gasteiger partial charge in [0.1, 0.15) is 5.69 Å². The number of aromatic nitrogens is 4. The number of hydrogen-bond donors (Lipinski definition) is 3. The van der Waals surface area contributed by atoms with Crippen LogP contribution in [0.2, 0.25) is 0 Å². The highest BCUT2D eigenvalue weighted by molar-refractivity contribution is 5.97. The third kappa shape index (κ3) is 3.85. The van der Waals surface area contributed by atoms with Gasteiger partial charge in [0.15, 0.2) is 5.82 Å². The molecule has 3 heterocycles. The first-order chi connectivity index (χ1) is 15.0. The lowest BCUT2D eigenvalue weighted by Gasteiger charge is -2.31. The third-order valence-corrected chi connectivity index (χ3v) is 6.68. The number of H-pyrrole nitrogens is 2. The summed E-state index contributed by atoms with van der Waals surface area (Å²) < 4.78 is 5.40. The number of amides is 1. The van der Waals surface area contributed by atoms with Crippen molar-refractivity contribution >= 4 is 22.6 Å². The molecule has 0 saturated carbocycles. The lowest BCUT2D eigenvalue weighted by molar-refractivity contribution is -0.122. The molecule has 1 unspecified atom stereocenters. The number of fused-ring (bicyclic) bond motifs is 2. The lowest BCUT2D eigenvalue weighted by Crippen LogP contribution is -2.47. The Labute approximate surface area is 181 Å². The second-order valence-corrected chi connectivity index (χ2v) is 8.96. The highest BCUT2D eigenvalue weighted by atomic mass is 16.5. The highest BCUT2D eigenvalue weighted by Gasteiger charge is 2.25. The van der Waals surface area contributed by atoms with E-state index in [4.69, 9.17) is 9.72 Å². The first kappa shape index (κ1) is 20.2. The van der Waals surface area contributed by atoms with Crippen molar-refractivity contribution in [1.82, 2.24) is 25.1 Å². The van der Waals surface area contributed by atoms with Gasteiger partial charge in [-0.15, -0.1) is 0 Å². The van der Waals surface area contributed by atoms with Crippen LogP contribution in [0, 0.1) is 12.8 Å². The van der Waals surface area contributed by atoms with E-state index in [0.717, 1.165) is 59.7 Å². The quantitative estimate of drug-likeness (QED) is 0.600. The molecular weight excluding hydrogens is 392 g/mol. The SMILES string of the molecule is Cc1cc2[nH]c(-c3n[nH]c4c3C[C@@H](C)CC4)nc2cc1NC(=O)C(C)N1CCOCC1. The molecular formula is C23H30N6O2. The van der Waals surface area contributed by atoms with Crippen LogP contribution in [0.4, 0.5) is 5.69 Å². The summed E-state index contributed by atoms with van der Waals surface area (Å²) in [6, 6.07) is 3.80. The molecule has 0 radical (unpaired) electrons. The molecule has 8 nitrogen and oxygen atoms in total. The number of aryl methyl sites for hydroxylation is 2. The number of rotatable bonds is 4. The molecule has 2 aromatic heterocycles. The Morgan fingerprint density at radius 2 is 2.13 bits per heavy atom. The van der Waals surface area contributed by atoms with Gasteiger partial charge in [0, 0.05) is 30.0 Å². The van der Waals surface area contributed by atoms with Crippen molar-refractivity contribution in [3.8, 4) is 11.5 Å². The Kier molecular flexibility index (Phi) is 5.27. The van der Waals surface area contributed by atoms with Crippen molar-refractivity contribution in [2.24, 2.45) is 5.92 Å². The zero-order chi connectivity index (χ0) is 21.5. The Bertz CT molecular complexity index is 1110. The Morgan fingerprint density at radius 3 is 2.94 bits per heavy atom. The van der Waals surface area contributed by atoms with E-state index in [1.807, 2.05) is 26.0 Å². The van der Waals surface area contributed by atoms with E-state index in [2.05, 4.69) is 32.3 Å². The van der Waals surface area contributed by atoms with Gasteiger partial charge in [-0.25, -0.2) is 4.98 Å². The van der Waals surface area contributed by atoms with E-state index in [1.165, 1.54) is 17.7 Å². The minimum atomic E-state index is -0.202. The van der Waals surface area contributed by atoms with Gasteiger partial charge in [0.05, 0.1) is 30.3 Å². The molecule has 0 bridgehead atoms. The van der Waals surface area contributed by atoms with Crippen LogP contribution in [0.15, 0.2) is 12.1 Å². The molecule has 164 valence electrons. The summed E-state index contributed by atoms with van der Waals surface area (Å²) in [5.74, 6) is 1.44. The second kappa shape index (κ2) is 8.09. The fourth-order valence-electron chi connectivity index (χ4n) is 4.64. The zero-order valence-electron chi connectivity index (χ0n) is 18.4. The number of nitrogens with zero attached hydrogens (tertiary/aromatic N) is 3. The number of carbonyl (C=O) groups is 1. The molecule has 31 heavy (non-hydrogen) atoms. The van der Waals surface area contributed by atoms with Gasteiger partial charge >= 0.3 is 0 Å². The molecule has 1 fully saturated rings. The van der Waals surface area contributed by atoms with Crippen LogP contribution < -0.4 is 5.32 Å². The largest absolute Gasteiger partial charge is 0.379 e. The van der Waals surface area contributed by atoms with Gasteiger partial charge in [-0.1, -0.05) is 6.92 Å². The number of hydrogen-bond acceptors (Lipinski definition) is 5. The maximum Gasteiger partial charge on any atom is 0.241 e. The summed E-state index contributed by atoms with van der Waals surface area (Å²) in [5.41, 5.74) is 7.01. The molecule has 1 amide bonds. The number of nitrogens with one attached hydrogen (secondary N) is 3. The van der Waals surface area contributed by atoms with Crippen molar-refractivity contribution in [1.29, 1.82) is 0 Å². The van der Waals surface area contributed by atoms with Crippen molar-refractivity contribution in [2.45, 2.75) is 46.1 Å². The maximum absolute atomic E-state index is 12.8. The van der Waals surface area contributed by atoms with E-state index in [0.29, 0.717) is 19.1 Å². The first-order valence-corrected chi connectivity index (χ1v) is 11.2. The summed E-state index contributed by atoms with van der Waals surface area (Å²) in [4.78, 5) is 23.2. The number of benzene rings is 1. The van der Waals surface area contributed by atoms with Crippen LogP contribution in [-0.4, -0.2) is 63.3 Å². The molecule has 1 aliphatic carbocycles. The number of morpholine rings is 1. The average molecular weight is 423 g/mol. The molecule has 3 aromatic rings. The topological polar surface area (TPSA) is 98.9 Å². The van der Waals surface area contributed by atoms with Gasteiger partial charge in [0.2, 0.25) is 5.91 Å². The normalized spacial score (nSPS) is 20.5. The Balaban J connectivity index is 1.40. The monoisotopic (exact) mass is 422 g/mol. The van der Waals surface area contributed by atoms with Gasteiger partial charge in [-0.3, -0.25) is 14.8 Å². The first-order valence-electron chi connectivity index (χ1n) is 11.2. The second-order valence-electron chi connectivity index (χ2n) is 8.96. The van der Waals surface area contributed by atoms with Gasteiger partial charge in [-0.2, -0.15) is 5.10 Å². The Hall–Kier alpha value is -2.71. The van der Waals surface area contributed by atoms with Crippen LogP contribution >= 0.6 is 0 Å². The van der Waals surface area contributed by atoms with Crippen molar-refractivity contribution in [2.75, 3.05) is 31.6 Å². The van der Waals surface area contributed by atoms with E-state index in [-0.39, 0.29) is 11.9 Å². The standard InChI is InChI=1S/C23H30N6O2/c1-13-4-5-17-16(10-13)21(28-27-17)22-24-19-11-14(2)18(12-20(19)25-22)26-23(30)15(3)29-6-8-31-9-7-29/h11-13,15H,4-10H2,1-3H3,(H,24,25)(H,26,30)(H,27,28)/t13-,15?/m0/s1. The Morgan fingerprint density at radius 1 is 1.32 bits per heavy atom. The van der Waals surface area contributed by atoms with E-state index >= 15 is 0 Å². The molecule has 0 spiro atoms. The predicted octanol–water partition coefficient (Wildman–Crippen LogP) is 3.05. The van der Waals surface area contributed by atoms with E-state index in [1.54, 1.807) is 0 Å². The molecule has 1 aromatic carbocycles. The number of carbonyl (C=O) groups excluding carboxylic acids is 1. The minimum absolute atomic E-state index is 0.00420. The summed E-state index contributed by atoms with van der Waals surface area (Å²) in [5, 5.41) is 10.9. The van der Waals surface area contributed by atoms with E-state index < -0.39 is 0 Å². The van der Waals surface area contributed by atoms with Gasteiger partial charge in [-0.05, 0) is 56.7 Å².